The van der Waals surface area contributed by atoms with Gasteiger partial charge in [-0.1, -0.05) is 34.6 Å². The van der Waals surface area contributed by atoms with Gasteiger partial charge in [-0.05, 0) is 24.7 Å². The molecule has 0 saturated heterocycles. The van der Waals surface area contributed by atoms with Crippen LogP contribution in [-0.2, 0) is 9.53 Å². The van der Waals surface area contributed by atoms with E-state index in [1.54, 1.807) is 0 Å². The van der Waals surface area contributed by atoms with Crippen LogP contribution < -0.4 is 5.73 Å². The molecule has 1 atom stereocenters. The van der Waals surface area contributed by atoms with Crippen LogP contribution in [0.1, 0.15) is 48.0 Å². The summed E-state index contributed by atoms with van der Waals surface area (Å²) >= 11 is 0. The predicted octanol–water partition coefficient (Wildman–Crippen LogP) is 2.59. The highest BCUT2D eigenvalue weighted by molar-refractivity contribution is 5.77. The Morgan fingerprint density at radius 2 is 1.75 bits per heavy atom. The Bertz CT molecular complexity index is 231. The van der Waals surface area contributed by atoms with E-state index in [2.05, 4.69) is 34.6 Å². The Balaban J connectivity index is 4.86. The molecule has 0 amide bonds. The summed E-state index contributed by atoms with van der Waals surface area (Å²) < 4.78 is 5.22. The number of ether oxygens (including phenoxy) is 1. The molecule has 1 unspecified atom stereocenters. The minimum absolute atomic E-state index is 0.108. The van der Waals surface area contributed by atoms with Crippen LogP contribution in [0, 0.1) is 16.7 Å². The first-order chi connectivity index (χ1) is 7.15. The maximum atomic E-state index is 12.1. The summed E-state index contributed by atoms with van der Waals surface area (Å²) in [5, 5.41) is 0. The fraction of sp³-hybridized carbons (Fsp3) is 0.923. The van der Waals surface area contributed by atoms with Crippen molar-refractivity contribution in [3.63, 3.8) is 0 Å². The molecule has 96 valence electrons. The van der Waals surface area contributed by atoms with Gasteiger partial charge in [-0.3, -0.25) is 4.79 Å². The van der Waals surface area contributed by atoms with Gasteiger partial charge in [0.15, 0.2) is 0 Å². The van der Waals surface area contributed by atoms with Gasteiger partial charge in [0.2, 0.25) is 0 Å². The Labute approximate surface area is 99.7 Å². The van der Waals surface area contributed by atoms with Crippen molar-refractivity contribution in [3.05, 3.63) is 0 Å². The number of nitrogens with two attached hydrogens (primary N) is 1. The zero-order chi connectivity index (χ0) is 13.0. The van der Waals surface area contributed by atoms with Gasteiger partial charge < -0.3 is 10.5 Å². The van der Waals surface area contributed by atoms with Crippen LogP contribution in [0.25, 0.3) is 0 Å². The molecule has 16 heavy (non-hydrogen) atoms. The van der Waals surface area contributed by atoms with E-state index in [9.17, 15) is 4.79 Å². The number of carbonyl (C=O) groups is 1. The van der Waals surface area contributed by atoms with Crippen LogP contribution in [0.2, 0.25) is 0 Å². The highest BCUT2D eigenvalue weighted by atomic mass is 16.5. The van der Waals surface area contributed by atoms with Crippen LogP contribution in [0.4, 0.5) is 0 Å². The fourth-order valence-corrected chi connectivity index (χ4v) is 1.82. The lowest BCUT2D eigenvalue weighted by Crippen LogP contribution is -2.43. The molecular formula is C13H27NO2. The number of carbonyl (C=O) groups excluding carboxylic acids is 1. The maximum Gasteiger partial charge on any atom is 0.312 e. The third kappa shape index (κ3) is 3.78. The van der Waals surface area contributed by atoms with Crippen molar-refractivity contribution in [3.8, 4) is 0 Å². The summed E-state index contributed by atoms with van der Waals surface area (Å²) in [6, 6.07) is 0. The van der Waals surface area contributed by atoms with E-state index < -0.39 is 5.41 Å². The summed E-state index contributed by atoms with van der Waals surface area (Å²) in [5.74, 6) is 0.341. The van der Waals surface area contributed by atoms with Crippen LogP contribution in [0.5, 0.6) is 0 Å². The summed E-state index contributed by atoms with van der Waals surface area (Å²) in [6.45, 7) is 13.2. The lowest BCUT2D eigenvalue weighted by atomic mass is 9.64. The Hall–Kier alpha value is -0.570. The van der Waals surface area contributed by atoms with Gasteiger partial charge in [0, 0.05) is 6.54 Å². The first-order valence-electron chi connectivity index (χ1n) is 6.02. The second-order valence-corrected chi connectivity index (χ2v) is 6.10. The van der Waals surface area contributed by atoms with E-state index in [4.69, 9.17) is 10.5 Å². The molecule has 0 aliphatic carbocycles. The van der Waals surface area contributed by atoms with Gasteiger partial charge in [0.05, 0.1) is 5.41 Å². The summed E-state index contributed by atoms with van der Waals surface area (Å²) in [7, 11) is 0. The zero-order valence-electron chi connectivity index (χ0n) is 11.6. The SMILES string of the molecule is CC(C)CC(C)(C(=O)OCCN)C(C)(C)C. The van der Waals surface area contributed by atoms with Gasteiger partial charge in [-0.25, -0.2) is 0 Å². The van der Waals surface area contributed by atoms with E-state index >= 15 is 0 Å². The second kappa shape index (κ2) is 5.67. The van der Waals surface area contributed by atoms with E-state index in [0.717, 1.165) is 6.42 Å². The van der Waals surface area contributed by atoms with Crippen molar-refractivity contribution in [1.29, 1.82) is 0 Å². The highest BCUT2D eigenvalue weighted by Gasteiger charge is 2.45. The molecule has 0 fully saturated rings. The monoisotopic (exact) mass is 229 g/mol. The van der Waals surface area contributed by atoms with Crippen LogP contribution in [-0.4, -0.2) is 19.1 Å². The molecule has 0 aromatic rings. The molecule has 0 aliphatic rings. The molecule has 0 aromatic heterocycles. The van der Waals surface area contributed by atoms with Gasteiger partial charge in [0.1, 0.15) is 6.61 Å². The molecule has 0 heterocycles. The second-order valence-electron chi connectivity index (χ2n) is 6.10. The first kappa shape index (κ1) is 15.4. The molecule has 2 N–H and O–H groups in total. The van der Waals surface area contributed by atoms with E-state index in [-0.39, 0.29) is 11.4 Å². The molecule has 3 heteroatoms. The van der Waals surface area contributed by atoms with E-state index in [1.807, 2.05) is 6.92 Å². The summed E-state index contributed by atoms with van der Waals surface area (Å²) in [5.41, 5.74) is 4.80. The van der Waals surface area contributed by atoms with Crippen molar-refractivity contribution < 1.29 is 9.53 Å². The number of hydrogen-bond acceptors (Lipinski definition) is 3. The quantitative estimate of drug-likeness (QED) is 0.737. The molecule has 0 radical (unpaired) electrons. The van der Waals surface area contributed by atoms with Crippen molar-refractivity contribution in [2.75, 3.05) is 13.2 Å². The molecule has 0 bridgehead atoms. The zero-order valence-corrected chi connectivity index (χ0v) is 11.6. The molecule has 0 spiro atoms. The smallest absolute Gasteiger partial charge is 0.312 e. The lowest BCUT2D eigenvalue weighted by molar-refractivity contribution is -0.163. The third-order valence-corrected chi connectivity index (χ3v) is 3.27. The molecular weight excluding hydrogens is 202 g/mol. The molecule has 0 saturated carbocycles. The molecule has 3 nitrogen and oxygen atoms in total. The first-order valence-corrected chi connectivity index (χ1v) is 6.02. The van der Waals surface area contributed by atoms with E-state index in [1.165, 1.54) is 0 Å². The predicted molar refractivity (Wildman–Crippen MR) is 67.0 cm³/mol. The van der Waals surface area contributed by atoms with E-state index in [0.29, 0.717) is 19.1 Å². The number of hydrogen-bond donors (Lipinski definition) is 1. The van der Waals surface area contributed by atoms with Gasteiger partial charge >= 0.3 is 5.97 Å². The van der Waals surface area contributed by atoms with Gasteiger partial charge in [-0.15, -0.1) is 0 Å². The number of esters is 1. The Kier molecular flexibility index (Phi) is 5.47. The third-order valence-electron chi connectivity index (χ3n) is 3.27. The Morgan fingerprint density at radius 1 is 1.25 bits per heavy atom. The van der Waals surface area contributed by atoms with Crippen molar-refractivity contribution in [2.45, 2.75) is 48.0 Å². The van der Waals surface area contributed by atoms with Crippen LogP contribution in [0.15, 0.2) is 0 Å². The van der Waals surface area contributed by atoms with Crippen molar-refractivity contribution in [1.82, 2.24) is 0 Å². The Morgan fingerprint density at radius 3 is 2.06 bits per heavy atom. The maximum absolute atomic E-state index is 12.1. The molecule has 0 rings (SSSR count). The minimum Gasteiger partial charge on any atom is -0.464 e. The fourth-order valence-electron chi connectivity index (χ4n) is 1.82. The summed E-state index contributed by atoms with van der Waals surface area (Å²) in [6.07, 6.45) is 0.833. The van der Waals surface area contributed by atoms with Crippen LogP contribution in [0.3, 0.4) is 0 Å². The topological polar surface area (TPSA) is 52.3 Å². The highest BCUT2D eigenvalue weighted by Crippen LogP contribution is 2.44. The largest absolute Gasteiger partial charge is 0.464 e. The van der Waals surface area contributed by atoms with Gasteiger partial charge in [-0.2, -0.15) is 0 Å². The summed E-state index contributed by atoms with van der Waals surface area (Å²) in [4.78, 5) is 12.1. The van der Waals surface area contributed by atoms with Crippen molar-refractivity contribution >= 4 is 5.97 Å². The van der Waals surface area contributed by atoms with Crippen molar-refractivity contribution in [2.24, 2.45) is 22.5 Å². The van der Waals surface area contributed by atoms with Crippen LogP contribution >= 0.6 is 0 Å². The average Bonchev–Trinajstić information content (AvgIpc) is 2.10. The average molecular weight is 229 g/mol. The lowest BCUT2D eigenvalue weighted by Gasteiger charge is -2.40. The standard InChI is InChI=1S/C13H27NO2/c1-10(2)9-13(6,12(3,4)5)11(15)16-8-7-14/h10H,7-9,14H2,1-6H3. The number of rotatable bonds is 5. The normalized spacial score (nSPS) is 16.0. The molecule has 0 aromatic carbocycles. The molecule has 0 aliphatic heterocycles. The minimum atomic E-state index is -0.448. The van der Waals surface area contributed by atoms with Gasteiger partial charge in [0.25, 0.3) is 0 Å².